The van der Waals surface area contributed by atoms with Crippen molar-refractivity contribution in [2.75, 3.05) is 5.73 Å². The number of rotatable bonds is 3. The molecule has 0 unspecified atom stereocenters. The van der Waals surface area contributed by atoms with Crippen molar-refractivity contribution in [1.82, 2.24) is 10.3 Å². The number of anilines is 1. The summed E-state index contributed by atoms with van der Waals surface area (Å²) in [4.78, 5) is 17.8. The zero-order chi connectivity index (χ0) is 14.1. The van der Waals surface area contributed by atoms with Gasteiger partial charge >= 0.3 is 0 Å². The van der Waals surface area contributed by atoms with Crippen molar-refractivity contribution >= 4 is 33.1 Å². The van der Waals surface area contributed by atoms with Crippen molar-refractivity contribution in [2.24, 2.45) is 0 Å². The first-order valence-electron chi connectivity index (χ1n) is 6.09. The van der Waals surface area contributed by atoms with E-state index in [1.54, 1.807) is 24.8 Å². The molecule has 0 aliphatic heterocycles. The van der Waals surface area contributed by atoms with E-state index >= 15 is 0 Å². The second kappa shape index (κ2) is 4.97. The highest BCUT2D eigenvalue weighted by atomic mass is 32.1. The average Bonchev–Trinajstić information content (AvgIpc) is 3.05. The summed E-state index contributed by atoms with van der Waals surface area (Å²) in [5, 5.41) is 3.69. The van der Waals surface area contributed by atoms with Crippen molar-refractivity contribution in [3.63, 3.8) is 0 Å². The normalized spacial score (nSPS) is 10.8. The number of hydrogen-bond acceptors (Lipinski definition) is 5. The Kier molecular flexibility index (Phi) is 3.15. The van der Waals surface area contributed by atoms with Crippen LogP contribution in [0.3, 0.4) is 0 Å². The number of furan rings is 1. The Hall–Kier alpha value is -2.34. The lowest BCUT2D eigenvalue weighted by atomic mass is 10.2. The van der Waals surface area contributed by atoms with Crippen LogP contribution in [-0.4, -0.2) is 10.9 Å². The SMILES string of the molecule is Cc1ccnc2sc(C(=O)NCc3ccoc3)c(N)c12. The van der Waals surface area contributed by atoms with Gasteiger partial charge in [0.2, 0.25) is 0 Å². The summed E-state index contributed by atoms with van der Waals surface area (Å²) in [6.45, 7) is 2.37. The highest BCUT2D eigenvalue weighted by Gasteiger charge is 2.18. The molecule has 0 aromatic carbocycles. The maximum atomic E-state index is 12.2. The molecular weight excluding hydrogens is 274 g/mol. The van der Waals surface area contributed by atoms with E-state index < -0.39 is 0 Å². The molecule has 0 fully saturated rings. The van der Waals surface area contributed by atoms with Gasteiger partial charge in [-0.05, 0) is 24.6 Å². The van der Waals surface area contributed by atoms with Crippen LogP contribution in [0.2, 0.25) is 0 Å². The van der Waals surface area contributed by atoms with Gasteiger partial charge in [-0.3, -0.25) is 4.79 Å². The molecule has 3 N–H and O–H groups in total. The zero-order valence-electron chi connectivity index (χ0n) is 10.8. The van der Waals surface area contributed by atoms with E-state index in [-0.39, 0.29) is 5.91 Å². The number of nitrogens with zero attached hydrogens (tertiary/aromatic N) is 1. The second-order valence-electron chi connectivity index (χ2n) is 4.47. The van der Waals surface area contributed by atoms with Crippen molar-refractivity contribution in [1.29, 1.82) is 0 Å². The molecule has 0 radical (unpaired) electrons. The molecule has 6 heteroatoms. The van der Waals surface area contributed by atoms with Crippen LogP contribution >= 0.6 is 11.3 Å². The van der Waals surface area contributed by atoms with Gasteiger partial charge in [-0.1, -0.05) is 0 Å². The van der Waals surface area contributed by atoms with Crippen LogP contribution in [0.1, 0.15) is 20.8 Å². The number of carbonyl (C=O) groups is 1. The van der Waals surface area contributed by atoms with Crippen LogP contribution in [0.5, 0.6) is 0 Å². The molecule has 0 aliphatic rings. The molecule has 3 aromatic heterocycles. The Morgan fingerprint density at radius 2 is 2.35 bits per heavy atom. The Balaban J connectivity index is 1.88. The van der Waals surface area contributed by atoms with Gasteiger partial charge in [0.15, 0.2) is 0 Å². The Morgan fingerprint density at radius 3 is 3.05 bits per heavy atom. The van der Waals surface area contributed by atoms with Crippen LogP contribution in [0.15, 0.2) is 35.3 Å². The van der Waals surface area contributed by atoms with Crippen LogP contribution < -0.4 is 11.1 Å². The van der Waals surface area contributed by atoms with Crippen molar-refractivity contribution in [2.45, 2.75) is 13.5 Å². The van der Waals surface area contributed by atoms with Gasteiger partial charge < -0.3 is 15.5 Å². The zero-order valence-corrected chi connectivity index (χ0v) is 11.7. The highest BCUT2D eigenvalue weighted by molar-refractivity contribution is 7.21. The molecule has 0 spiro atoms. The molecular formula is C14H13N3O2S. The molecule has 5 nitrogen and oxygen atoms in total. The number of fused-ring (bicyclic) bond motifs is 1. The van der Waals surface area contributed by atoms with E-state index in [0.717, 1.165) is 21.3 Å². The van der Waals surface area contributed by atoms with Crippen LogP contribution in [-0.2, 0) is 6.54 Å². The number of nitrogen functional groups attached to an aromatic ring is 1. The molecule has 0 bridgehead atoms. The van der Waals surface area contributed by atoms with Crippen LogP contribution in [0.4, 0.5) is 5.69 Å². The minimum Gasteiger partial charge on any atom is -0.472 e. The van der Waals surface area contributed by atoms with Crippen molar-refractivity contribution < 1.29 is 9.21 Å². The fraction of sp³-hybridized carbons (Fsp3) is 0.143. The monoisotopic (exact) mass is 287 g/mol. The summed E-state index contributed by atoms with van der Waals surface area (Å²) >= 11 is 1.31. The van der Waals surface area contributed by atoms with Gasteiger partial charge in [-0.25, -0.2) is 4.98 Å². The fourth-order valence-electron chi connectivity index (χ4n) is 2.03. The quantitative estimate of drug-likeness (QED) is 0.776. The lowest BCUT2D eigenvalue weighted by Crippen LogP contribution is -2.22. The van der Waals surface area contributed by atoms with Crippen LogP contribution in [0, 0.1) is 6.92 Å². The predicted molar refractivity (Wildman–Crippen MR) is 78.6 cm³/mol. The molecule has 0 saturated carbocycles. The summed E-state index contributed by atoms with van der Waals surface area (Å²) in [5.74, 6) is -0.189. The van der Waals surface area contributed by atoms with Crippen LogP contribution in [0.25, 0.3) is 10.2 Å². The molecule has 20 heavy (non-hydrogen) atoms. The fourth-order valence-corrected chi connectivity index (χ4v) is 3.08. The Morgan fingerprint density at radius 1 is 1.50 bits per heavy atom. The largest absolute Gasteiger partial charge is 0.472 e. The van der Waals surface area contributed by atoms with Gasteiger partial charge in [0.25, 0.3) is 5.91 Å². The standard InChI is InChI=1S/C14H13N3O2S/c1-8-2-4-16-14-10(8)11(15)12(20-14)13(18)17-6-9-3-5-19-7-9/h2-5,7H,6,15H2,1H3,(H,17,18). The third-order valence-electron chi connectivity index (χ3n) is 3.08. The van der Waals surface area contributed by atoms with Gasteiger partial charge in [-0.15, -0.1) is 11.3 Å². The lowest BCUT2D eigenvalue weighted by molar-refractivity contribution is 0.0956. The molecule has 0 atom stereocenters. The minimum absolute atomic E-state index is 0.189. The van der Waals surface area contributed by atoms with Crippen molar-refractivity contribution in [3.8, 4) is 0 Å². The Labute approximate surface area is 119 Å². The molecule has 1 amide bonds. The predicted octanol–water partition coefficient (Wildman–Crippen LogP) is 2.71. The van der Waals surface area contributed by atoms with Crippen molar-refractivity contribution in [3.05, 3.63) is 46.9 Å². The van der Waals surface area contributed by atoms with E-state index in [9.17, 15) is 4.79 Å². The number of thiophene rings is 1. The van der Waals surface area contributed by atoms with Gasteiger partial charge in [0.05, 0.1) is 18.2 Å². The number of amides is 1. The average molecular weight is 287 g/mol. The number of aryl methyl sites for hydroxylation is 1. The third kappa shape index (κ3) is 2.14. The highest BCUT2D eigenvalue weighted by Crippen LogP contribution is 2.34. The van der Waals surface area contributed by atoms with E-state index in [1.807, 2.05) is 13.0 Å². The molecule has 3 rings (SSSR count). The maximum Gasteiger partial charge on any atom is 0.263 e. The van der Waals surface area contributed by atoms with E-state index in [4.69, 9.17) is 10.2 Å². The summed E-state index contributed by atoms with van der Waals surface area (Å²) < 4.78 is 4.96. The van der Waals surface area contributed by atoms with Gasteiger partial charge in [0.1, 0.15) is 9.71 Å². The molecule has 3 heterocycles. The molecule has 0 saturated heterocycles. The first-order valence-corrected chi connectivity index (χ1v) is 6.91. The summed E-state index contributed by atoms with van der Waals surface area (Å²) in [7, 11) is 0. The van der Waals surface area contributed by atoms with E-state index in [1.165, 1.54) is 11.3 Å². The third-order valence-corrected chi connectivity index (χ3v) is 4.19. The second-order valence-corrected chi connectivity index (χ2v) is 5.47. The number of carbonyl (C=O) groups excluding carboxylic acids is 1. The topological polar surface area (TPSA) is 81.2 Å². The number of pyridine rings is 1. The number of aromatic nitrogens is 1. The summed E-state index contributed by atoms with van der Waals surface area (Å²) in [6.07, 6.45) is 4.89. The van der Waals surface area contributed by atoms with Gasteiger partial charge in [0, 0.05) is 23.7 Å². The summed E-state index contributed by atoms with van der Waals surface area (Å²) in [6, 6.07) is 3.69. The van der Waals surface area contributed by atoms with Gasteiger partial charge in [-0.2, -0.15) is 0 Å². The number of nitrogens with two attached hydrogens (primary N) is 1. The van der Waals surface area contributed by atoms with E-state index in [0.29, 0.717) is 17.1 Å². The summed E-state index contributed by atoms with van der Waals surface area (Å²) in [5.41, 5.74) is 8.52. The Bertz CT molecular complexity index is 762. The smallest absolute Gasteiger partial charge is 0.263 e. The first-order chi connectivity index (χ1) is 9.66. The molecule has 0 aliphatic carbocycles. The minimum atomic E-state index is -0.189. The van der Waals surface area contributed by atoms with E-state index in [2.05, 4.69) is 10.3 Å². The lowest BCUT2D eigenvalue weighted by Gasteiger charge is -2.02. The molecule has 3 aromatic rings. The first kappa shape index (κ1) is 12.7. The molecule has 102 valence electrons. The maximum absolute atomic E-state index is 12.2. The number of hydrogen-bond donors (Lipinski definition) is 2. The number of nitrogens with one attached hydrogen (secondary N) is 1.